The third-order valence-corrected chi connectivity index (χ3v) is 7.39. The van der Waals surface area contributed by atoms with Gasteiger partial charge in [-0.2, -0.15) is 0 Å². The fraction of sp³-hybridized carbons (Fsp3) is 0.440. The number of rotatable bonds is 7. The van der Waals surface area contributed by atoms with E-state index in [1.165, 1.54) is 6.07 Å². The van der Waals surface area contributed by atoms with Gasteiger partial charge in [0.15, 0.2) is 11.6 Å². The fourth-order valence-corrected chi connectivity index (χ4v) is 5.48. The van der Waals surface area contributed by atoms with Gasteiger partial charge in [-0.05, 0) is 63.5 Å². The second-order valence-corrected chi connectivity index (χ2v) is 10.1. The van der Waals surface area contributed by atoms with Crippen molar-refractivity contribution in [2.45, 2.75) is 64.0 Å². The van der Waals surface area contributed by atoms with Crippen molar-refractivity contribution in [1.82, 2.24) is 9.88 Å². The number of nitrogens with zero attached hydrogens (tertiary/aromatic N) is 1. The lowest BCUT2D eigenvalue weighted by atomic mass is 9.76. The van der Waals surface area contributed by atoms with E-state index in [0.717, 1.165) is 12.1 Å². The van der Waals surface area contributed by atoms with Crippen LogP contribution in [0.15, 0.2) is 18.2 Å². The summed E-state index contributed by atoms with van der Waals surface area (Å²) in [6.45, 7) is 2.22. The molecular weight excluding hydrogens is 496 g/mol. The maximum atomic E-state index is 13.6. The number of carboxylic acids is 1. The number of aliphatic carboxylic acids is 1. The Morgan fingerprint density at radius 1 is 1.17 bits per heavy atom. The van der Waals surface area contributed by atoms with Gasteiger partial charge in [-0.25, -0.2) is 8.78 Å². The van der Waals surface area contributed by atoms with E-state index in [1.807, 2.05) is 6.92 Å². The maximum Gasteiger partial charge on any atom is 0.303 e. The summed E-state index contributed by atoms with van der Waals surface area (Å²) in [5.74, 6) is -5.43. The van der Waals surface area contributed by atoms with Gasteiger partial charge in [0.25, 0.3) is 17.6 Å². The number of fused-ring (bicyclic) bond motifs is 1. The van der Waals surface area contributed by atoms with Crippen LogP contribution < -0.4 is 10.6 Å². The number of halogens is 3. The molecule has 4 rings (SSSR count). The van der Waals surface area contributed by atoms with E-state index in [4.69, 9.17) is 16.7 Å². The van der Waals surface area contributed by atoms with Gasteiger partial charge in [0.1, 0.15) is 5.69 Å². The molecule has 2 aromatic rings. The SMILES string of the molecule is CC1(NC(=O)C(=O)c2c(Cl)c(C(=O)Nc3ccc(F)c(F)c3)c3n2CCC3)CCC(CC(=O)O)CC1. The first-order valence-corrected chi connectivity index (χ1v) is 12.1. The molecule has 0 saturated heterocycles. The third-order valence-electron chi connectivity index (χ3n) is 7.02. The molecule has 2 aliphatic rings. The highest BCUT2D eigenvalue weighted by atomic mass is 35.5. The van der Waals surface area contributed by atoms with Crippen molar-refractivity contribution in [2.24, 2.45) is 5.92 Å². The highest BCUT2D eigenvalue weighted by molar-refractivity contribution is 6.48. The molecule has 1 aromatic carbocycles. The minimum Gasteiger partial charge on any atom is -0.481 e. The Morgan fingerprint density at radius 3 is 2.50 bits per heavy atom. The van der Waals surface area contributed by atoms with Crippen molar-refractivity contribution < 1.29 is 33.1 Å². The monoisotopic (exact) mass is 521 g/mol. The molecular formula is C25H26ClF2N3O5. The molecule has 1 saturated carbocycles. The average molecular weight is 522 g/mol. The van der Waals surface area contributed by atoms with E-state index in [2.05, 4.69) is 10.6 Å². The summed E-state index contributed by atoms with van der Waals surface area (Å²) in [6, 6.07) is 2.92. The zero-order valence-corrected chi connectivity index (χ0v) is 20.4. The molecule has 2 amide bonds. The molecule has 1 aromatic heterocycles. The van der Waals surface area contributed by atoms with Gasteiger partial charge in [-0.1, -0.05) is 11.6 Å². The van der Waals surface area contributed by atoms with Crippen LogP contribution in [-0.4, -0.2) is 38.8 Å². The van der Waals surface area contributed by atoms with Gasteiger partial charge in [0.05, 0.1) is 10.6 Å². The molecule has 11 heteroatoms. The summed E-state index contributed by atoms with van der Waals surface area (Å²) in [7, 11) is 0. The van der Waals surface area contributed by atoms with Crippen LogP contribution in [0.4, 0.5) is 14.5 Å². The average Bonchev–Trinajstić information content (AvgIpc) is 3.36. The third kappa shape index (κ3) is 5.13. The van der Waals surface area contributed by atoms with Gasteiger partial charge in [0, 0.05) is 36.0 Å². The van der Waals surface area contributed by atoms with Crippen molar-refractivity contribution >= 4 is 40.9 Å². The number of hydrogen-bond acceptors (Lipinski definition) is 4. The number of aromatic nitrogens is 1. The van der Waals surface area contributed by atoms with Crippen LogP contribution in [0.3, 0.4) is 0 Å². The number of hydrogen-bond donors (Lipinski definition) is 3. The van der Waals surface area contributed by atoms with Gasteiger partial charge >= 0.3 is 5.97 Å². The molecule has 0 unspecified atom stereocenters. The summed E-state index contributed by atoms with van der Waals surface area (Å²) in [4.78, 5) is 50.1. The van der Waals surface area contributed by atoms with Crippen molar-refractivity contribution in [3.05, 3.63) is 51.8 Å². The summed E-state index contributed by atoms with van der Waals surface area (Å²) < 4.78 is 28.3. The van der Waals surface area contributed by atoms with Crippen LogP contribution in [-0.2, 0) is 22.6 Å². The largest absolute Gasteiger partial charge is 0.481 e. The highest BCUT2D eigenvalue weighted by Crippen LogP contribution is 2.36. The Hall–Kier alpha value is -3.27. The Labute approximate surface area is 211 Å². The van der Waals surface area contributed by atoms with Crippen LogP contribution in [0.1, 0.15) is 72.0 Å². The number of amides is 2. The summed E-state index contributed by atoms with van der Waals surface area (Å²) in [5.41, 5.74) is -0.209. The van der Waals surface area contributed by atoms with Gasteiger partial charge in [0.2, 0.25) is 0 Å². The highest BCUT2D eigenvalue weighted by Gasteiger charge is 2.38. The number of Topliss-reactive ketones (excluding diaryl/α,β-unsaturated/α-hetero) is 1. The Morgan fingerprint density at radius 2 is 1.86 bits per heavy atom. The molecule has 0 radical (unpaired) electrons. The molecule has 1 aliphatic heterocycles. The molecule has 1 aliphatic carbocycles. The lowest BCUT2D eigenvalue weighted by Gasteiger charge is -2.37. The lowest BCUT2D eigenvalue weighted by Crippen LogP contribution is -2.50. The van der Waals surface area contributed by atoms with Crippen LogP contribution in [0.5, 0.6) is 0 Å². The summed E-state index contributed by atoms with van der Waals surface area (Å²) in [5, 5.41) is 14.1. The predicted molar refractivity (Wildman–Crippen MR) is 127 cm³/mol. The quantitative estimate of drug-likeness (QED) is 0.370. The normalized spacial score (nSPS) is 21.1. The van der Waals surface area contributed by atoms with Crippen LogP contribution in [0.25, 0.3) is 0 Å². The molecule has 0 bridgehead atoms. The number of nitrogens with one attached hydrogen (secondary N) is 2. The summed E-state index contributed by atoms with van der Waals surface area (Å²) >= 11 is 6.48. The van der Waals surface area contributed by atoms with E-state index in [1.54, 1.807) is 4.57 Å². The number of carbonyl (C=O) groups excluding carboxylic acids is 3. The number of ketones is 1. The predicted octanol–water partition coefficient (Wildman–Crippen LogP) is 4.34. The molecule has 8 nitrogen and oxygen atoms in total. The smallest absolute Gasteiger partial charge is 0.303 e. The fourth-order valence-electron chi connectivity index (χ4n) is 5.09. The van der Waals surface area contributed by atoms with Crippen LogP contribution in [0, 0.1) is 17.6 Å². The minimum absolute atomic E-state index is 0.0185. The van der Waals surface area contributed by atoms with Gasteiger partial charge in [-0.15, -0.1) is 0 Å². The lowest BCUT2D eigenvalue weighted by molar-refractivity contribution is -0.138. The van der Waals surface area contributed by atoms with Gasteiger partial charge in [-0.3, -0.25) is 19.2 Å². The van der Waals surface area contributed by atoms with Gasteiger partial charge < -0.3 is 20.3 Å². The van der Waals surface area contributed by atoms with Crippen molar-refractivity contribution in [2.75, 3.05) is 5.32 Å². The minimum atomic E-state index is -1.13. The number of anilines is 1. The van der Waals surface area contributed by atoms with Crippen LogP contribution >= 0.6 is 11.6 Å². The topological polar surface area (TPSA) is 117 Å². The Balaban J connectivity index is 1.52. The summed E-state index contributed by atoms with van der Waals surface area (Å²) in [6.07, 6.45) is 3.47. The van der Waals surface area contributed by atoms with E-state index < -0.39 is 40.7 Å². The first-order chi connectivity index (χ1) is 17.0. The second kappa shape index (κ2) is 10.0. The molecule has 0 atom stereocenters. The number of carboxylic acid groups (broad SMARTS) is 1. The van der Waals surface area contributed by atoms with Crippen molar-refractivity contribution in [1.29, 1.82) is 0 Å². The number of carbonyl (C=O) groups is 4. The number of benzene rings is 1. The zero-order chi connectivity index (χ0) is 26.2. The second-order valence-electron chi connectivity index (χ2n) is 9.71. The van der Waals surface area contributed by atoms with E-state index in [9.17, 15) is 28.0 Å². The Kier molecular flexibility index (Phi) is 7.17. The van der Waals surface area contributed by atoms with Crippen molar-refractivity contribution in [3.8, 4) is 0 Å². The molecule has 1 fully saturated rings. The van der Waals surface area contributed by atoms with Crippen LogP contribution in [0.2, 0.25) is 5.02 Å². The maximum absolute atomic E-state index is 13.6. The zero-order valence-electron chi connectivity index (χ0n) is 19.6. The molecule has 36 heavy (non-hydrogen) atoms. The van der Waals surface area contributed by atoms with E-state index in [0.29, 0.717) is 50.8 Å². The molecule has 0 spiro atoms. The molecule has 192 valence electrons. The molecule has 3 N–H and O–H groups in total. The standard InChI is InChI=1S/C25H26ClF2N3O5/c1-25(8-6-13(7-9-25)11-18(32)33)30-24(36)22(34)21-20(26)19(17-3-2-10-31(17)21)23(35)29-14-4-5-15(27)16(28)12-14/h4-5,12-13H,2-3,6-11H2,1H3,(H,29,35)(H,30,36)(H,32,33). The van der Waals surface area contributed by atoms with E-state index in [-0.39, 0.29) is 34.3 Å². The van der Waals surface area contributed by atoms with Crippen molar-refractivity contribution in [3.63, 3.8) is 0 Å². The first-order valence-electron chi connectivity index (χ1n) is 11.7. The Bertz CT molecular complexity index is 1250. The van der Waals surface area contributed by atoms with E-state index >= 15 is 0 Å². The molecule has 2 heterocycles. The first kappa shape index (κ1) is 25.8.